The SMILES string of the molecule is CCOC(=O)CCCOc1ccc(Br)cc1-c1nc(SC)[nH]c(=O)c1C#N. The van der Waals surface area contributed by atoms with Crippen LogP contribution in [0.25, 0.3) is 11.3 Å². The van der Waals surface area contributed by atoms with E-state index in [-0.39, 0.29) is 30.3 Å². The normalized spacial score (nSPS) is 10.3. The molecule has 1 aromatic carbocycles. The summed E-state index contributed by atoms with van der Waals surface area (Å²) in [5, 5.41) is 9.79. The lowest BCUT2D eigenvalue weighted by molar-refractivity contribution is -0.143. The highest BCUT2D eigenvalue weighted by Gasteiger charge is 2.17. The fourth-order valence-electron chi connectivity index (χ4n) is 2.29. The first kappa shape index (κ1) is 21.0. The number of ether oxygens (including phenoxy) is 2. The predicted octanol–water partition coefficient (Wildman–Crippen LogP) is 3.52. The van der Waals surface area contributed by atoms with Gasteiger partial charge < -0.3 is 14.5 Å². The molecule has 7 nitrogen and oxygen atoms in total. The predicted molar refractivity (Wildman–Crippen MR) is 106 cm³/mol. The highest BCUT2D eigenvalue weighted by Crippen LogP contribution is 2.33. The monoisotopic (exact) mass is 451 g/mol. The molecule has 0 bridgehead atoms. The molecule has 2 aromatic rings. The van der Waals surface area contributed by atoms with Gasteiger partial charge in [0, 0.05) is 16.5 Å². The van der Waals surface area contributed by atoms with Crippen molar-refractivity contribution >= 4 is 33.7 Å². The fourth-order valence-corrected chi connectivity index (χ4v) is 3.03. The van der Waals surface area contributed by atoms with Crippen LogP contribution in [-0.4, -0.2) is 35.4 Å². The topological polar surface area (TPSA) is 105 Å². The van der Waals surface area contributed by atoms with Crippen molar-refractivity contribution < 1.29 is 14.3 Å². The first-order chi connectivity index (χ1) is 13.0. The number of carbonyl (C=O) groups excluding carboxylic acids is 1. The zero-order valence-corrected chi connectivity index (χ0v) is 17.3. The summed E-state index contributed by atoms with van der Waals surface area (Å²) in [5.74, 6) is 0.202. The van der Waals surface area contributed by atoms with Gasteiger partial charge in [-0.05, 0) is 37.8 Å². The van der Waals surface area contributed by atoms with Crippen molar-refractivity contribution in [2.75, 3.05) is 19.5 Å². The molecule has 0 fully saturated rings. The van der Waals surface area contributed by atoms with Crippen molar-refractivity contribution in [3.8, 4) is 23.1 Å². The number of carbonyl (C=O) groups is 1. The van der Waals surface area contributed by atoms with Crippen LogP contribution >= 0.6 is 27.7 Å². The Labute approximate surface area is 169 Å². The molecular formula is C18H18BrN3O4S. The third-order valence-corrected chi connectivity index (χ3v) is 4.56. The maximum atomic E-state index is 12.2. The second-order valence-electron chi connectivity index (χ2n) is 5.31. The first-order valence-electron chi connectivity index (χ1n) is 8.16. The number of esters is 1. The van der Waals surface area contributed by atoms with E-state index in [4.69, 9.17) is 9.47 Å². The second-order valence-corrected chi connectivity index (χ2v) is 7.02. The molecule has 0 spiro atoms. The number of H-pyrrole nitrogens is 1. The molecule has 0 unspecified atom stereocenters. The van der Waals surface area contributed by atoms with Crippen LogP contribution < -0.4 is 10.3 Å². The molecule has 0 amide bonds. The fraction of sp³-hybridized carbons (Fsp3) is 0.333. The number of thioether (sulfide) groups is 1. The van der Waals surface area contributed by atoms with Gasteiger partial charge in [-0.25, -0.2) is 4.98 Å². The number of aromatic amines is 1. The molecule has 0 aliphatic rings. The minimum absolute atomic E-state index is 0.0812. The third kappa shape index (κ3) is 5.58. The van der Waals surface area contributed by atoms with Gasteiger partial charge in [-0.2, -0.15) is 5.26 Å². The van der Waals surface area contributed by atoms with Crippen molar-refractivity contribution in [1.29, 1.82) is 5.26 Å². The quantitative estimate of drug-likeness (QED) is 0.283. The van der Waals surface area contributed by atoms with Gasteiger partial charge in [0.15, 0.2) is 5.16 Å². The number of halogens is 1. The molecule has 9 heteroatoms. The summed E-state index contributed by atoms with van der Waals surface area (Å²) in [6, 6.07) is 7.17. The molecule has 0 atom stereocenters. The highest BCUT2D eigenvalue weighted by atomic mass is 79.9. The van der Waals surface area contributed by atoms with Gasteiger partial charge in [-0.3, -0.25) is 9.59 Å². The standard InChI is InChI=1S/C18H18BrN3O4S/c1-3-25-15(23)5-4-8-26-14-7-6-11(19)9-12(14)16-13(10-20)17(24)22-18(21-16)27-2/h6-7,9H,3-5,8H2,1-2H3,(H,21,22,24). The van der Waals surface area contributed by atoms with Crippen LogP contribution in [-0.2, 0) is 9.53 Å². The Morgan fingerprint density at radius 3 is 2.89 bits per heavy atom. The highest BCUT2D eigenvalue weighted by molar-refractivity contribution is 9.10. The van der Waals surface area contributed by atoms with Crippen molar-refractivity contribution in [2.45, 2.75) is 24.9 Å². The molecule has 0 aliphatic heterocycles. The van der Waals surface area contributed by atoms with Crippen molar-refractivity contribution in [3.05, 3.63) is 38.6 Å². The van der Waals surface area contributed by atoms with Crippen LogP contribution in [0.3, 0.4) is 0 Å². The maximum Gasteiger partial charge on any atom is 0.305 e. The van der Waals surface area contributed by atoms with Crippen LogP contribution in [0, 0.1) is 11.3 Å². The van der Waals surface area contributed by atoms with E-state index in [1.165, 1.54) is 11.8 Å². The third-order valence-electron chi connectivity index (χ3n) is 3.49. The average Bonchev–Trinajstić information content (AvgIpc) is 2.65. The van der Waals surface area contributed by atoms with Crippen LogP contribution in [0.5, 0.6) is 5.75 Å². The zero-order valence-electron chi connectivity index (χ0n) is 14.9. The molecule has 2 rings (SSSR count). The number of nitrogens with one attached hydrogen (secondary N) is 1. The molecule has 1 N–H and O–H groups in total. The van der Waals surface area contributed by atoms with E-state index in [2.05, 4.69) is 25.9 Å². The summed E-state index contributed by atoms with van der Waals surface area (Å²) in [6.07, 6.45) is 2.52. The van der Waals surface area contributed by atoms with Gasteiger partial charge in [-0.15, -0.1) is 0 Å². The molecule has 0 saturated heterocycles. The van der Waals surface area contributed by atoms with E-state index in [9.17, 15) is 14.9 Å². The minimum Gasteiger partial charge on any atom is -0.493 e. The Kier molecular flexibility index (Phi) is 7.88. The van der Waals surface area contributed by atoms with Crippen LogP contribution in [0.4, 0.5) is 0 Å². The Balaban J connectivity index is 2.32. The van der Waals surface area contributed by atoms with Crippen molar-refractivity contribution in [3.63, 3.8) is 0 Å². The van der Waals surface area contributed by atoms with Crippen molar-refractivity contribution in [2.24, 2.45) is 0 Å². The Morgan fingerprint density at radius 2 is 2.22 bits per heavy atom. The summed E-state index contributed by atoms with van der Waals surface area (Å²) in [7, 11) is 0. The summed E-state index contributed by atoms with van der Waals surface area (Å²) in [6.45, 7) is 2.39. The van der Waals surface area contributed by atoms with Gasteiger partial charge in [-0.1, -0.05) is 27.7 Å². The summed E-state index contributed by atoms with van der Waals surface area (Å²) >= 11 is 4.66. The zero-order chi connectivity index (χ0) is 19.8. The number of aromatic nitrogens is 2. The van der Waals surface area contributed by atoms with Crippen LogP contribution in [0.15, 0.2) is 32.6 Å². The lowest BCUT2D eigenvalue weighted by atomic mass is 10.1. The van der Waals surface area contributed by atoms with Gasteiger partial charge in [0.1, 0.15) is 23.1 Å². The number of hydrogen-bond acceptors (Lipinski definition) is 7. The molecule has 1 heterocycles. The Bertz CT molecular complexity index is 924. The second kappa shape index (κ2) is 10.1. The number of nitriles is 1. The van der Waals surface area contributed by atoms with Gasteiger partial charge in [0.2, 0.25) is 0 Å². The van der Waals surface area contributed by atoms with E-state index >= 15 is 0 Å². The number of rotatable bonds is 8. The van der Waals surface area contributed by atoms with Gasteiger partial charge >= 0.3 is 5.97 Å². The first-order valence-corrected chi connectivity index (χ1v) is 10.2. The van der Waals surface area contributed by atoms with Crippen LogP contribution in [0.1, 0.15) is 25.3 Å². The van der Waals surface area contributed by atoms with Gasteiger partial charge in [0.25, 0.3) is 5.56 Å². The van der Waals surface area contributed by atoms with Crippen LogP contribution in [0.2, 0.25) is 0 Å². The smallest absolute Gasteiger partial charge is 0.305 e. The summed E-state index contributed by atoms with van der Waals surface area (Å²) in [5.41, 5.74) is 0.202. The lowest BCUT2D eigenvalue weighted by Crippen LogP contribution is -2.15. The van der Waals surface area contributed by atoms with Crippen molar-refractivity contribution in [1.82, 2.24) is 9.97 Å². The molecule has 1 aromatic heterocycles. The van der Waals surface area contributed by atoms with E-state index in [1.54, 1.807) is 31.4 Å². The number of hydrogen-bond donors (Lipinski definition) is 1. The molecular weight excluding hydrogens is 434 g/mol. The molecule has 142 valence electrons. The average molecular weight is 452 g/mol. The molecule has 0 saturated carbocycles. The lowest BCUT2D eigenvalue weighted by Gasteiger charge is -2.13. The molecule has 0 aliphatic carbocycles. The van der Waals surface area contributed by atoms with E-state index in [0.29, 0.717) is 29.5 Å². The number of benzene rings is 1. The number of nitrogens with zero attached hydrogens (tertiary/aromatic N) is 2. The van der Waals surface area contributed by atoms with E-state index in [1.807, 2.05) is 6.07 Å². The van der Waals surface area contributed by atoms with Gasteiger partial charge in [0.05, 0.1) is 13.2 Å². The Hall–Kier alpha value is -2.31. The minimum atomic E-state index is -0.500. The van der Waals surface area contributed by atoms with E-state index in [0.717, 1.165) is 4.47 Å². The summed E-state index contributed by atoms with van der Waals surface area (Å²) < 4.78 is 11.4. The molecule has 27 heavy (non-hydrogen) atoms. The molecule has 0 radical (unpaired) electrons. The largest absolute Gasteiger partial charge is 0.493 e. The maximum absolute atomic E-state index is 12.2. The Morgan fingerprint density at radius 1 is 1.44 bits per heavy atom. The van der Waals surface area contributed by atoms with E-state index < -0.39 is 5.56 Å². The summed E-state index contributed by atoms with van der Waals surface area (Å²) in [4.78, 5) is 30.5.